The Morgan fingerprint density at radius 3 is 2.33 bits per heavy atom. The van der Waals surface area contributed by atoms with E-state index in [0.29, 0.717) is 17.7 Å². The van der Waals surface area contributed by atoms with Gasteiger partial charge < -0.3 is 20.3 Å². The van der Waals surface area contributed by atoms with Crippen LogP contribution in [0.15, 0.2) is 24.3 Å². The molecular formula is C26H37N3O4. The number of carbonyl (C=O) groups excluding carboxylic acids is 3. The molecule has 1 unspecified atom stereocenters. The second kappa shape index (κ2) is 12.3. The number of alkyl carbamates (subject to hydrolysis) is 1. The molecule has 3 amide bonds. The molecule has 1 saturated carbocycles. The van der Waals surface area contributed by atoms with Gasteiger partial charge in [-0.2, -0.15) is 0 Å². The van der Waals surface area contributed by atoms with Gasteiger partial charge in [-0.1, -0.05) is 37.8 Å². The number of ether oxygens (including phenoxy) is 1. The summed E-state index contributed by atoms with van der Waals surface area (Å²) in [5.74, 6) is 2.03. The zero-order valence-electron chi connectivity index (χ0n) is 20.3. The van der Waals surface area contributed by atoms with E-state index in [4.69, 9.17) is 11.2 Å². The number of amides is 3. The highest BCUT2D eigenvalue weighted by Gasteiger charge is 2.38. The second-order valence-corrected chi connectivity index (χ2v) is 9.41. The fourth-order valence-electron chi connectivity index (χ4n) is 3.66. The normalized spacial score (nSPS) is 14.4. The zero-order valence-corrected chi connectivity index (χ0v) is 20.3. The average molecular weight is 456 g/mol. The number of unbranched alkanes of at least 4 members (excludes halogenated alkanes) is 2. The molecule has 0 saturated heterocycles. The maximum absolute atomic E-state index is 13.3. The van der Waals surface area contributed by atoms with E-state index in [1.165, 1.54) is 0 Å². The van der Waals surface area contributed by atoms with Crippen LogP contribution in [0.3, 0.4) is 0 Å². The van der Waals surface area contributed by atoms with Crippen molar-refractivity contribution in [2.24, 2.45) is 0 Å². The van der Waals surface area contributed by atoms with Crippen LogP contribution in [0, 0.1) is 12.3 Å². The number of carbonyl (C=O) groups is 3. The van der Waals surface area contributed by atoms with Crippen LogP contribution in [0.4, 0.5) is 4.79 Å². The van der Waals surface area contributed by atoms with Crippen LogP contribution >= 0.6 is 0 Å². The minimum absolute atomic E-state index is 0.0587. The van der Waals surface area contributed by atoms with Crippen molar-refractivity contribution in [2.45, 2.75) is 83.9 Å². The largest absolute Gasteiger partial charge is 0.444 e. The highest BCUT2D eigenvalue weighted by Crippen LogP contribution is 2.33. The fraction of sp³-hybridized carbons (Fsp3) is 0.577. The Labute approximate surface area is 197 Å². The monoisotopic (exact) mass is 455 g/mol. The van der Waals surface area contributed by atoms with E-state index in [1.807, 2.05) is 0 Å². The van der Waals surface area contributed by atoms with Gasteiger partial charge in [0.25, 0.3) is 0 Å². The van der Waals surface area contributed by atoms with E-state index in [9.17, 15) is 14.4 Å². The summed E-state index contributed by atoms with van der Waals surface area (Å²) in [6, 6.07) is 6.29. The third-order valence-corrected chi connectivity index (χ3v) is 5.54. The average Bonchev–Trinajstić information content (AvgIpc) is 2.72. The van der Waals surface area contributed by atoms with Crippen LogP contribution < -0.4 is 10.6 Å². The van der Waals surface area contributed by atoms with E-state index in [0.717, 1.165) is 38.5 Å². The Hall–Kier alpha value is -3.01. The van der Waals surface area contributed by atoms with Crippen molar-refractivity contribution < 1.29 is 19.1 Å². The molecule has 0 radical (unpaired) electrons. The minimum Gasteiger partial charge on any atom is -0.444 e. The molecule has 1 aromatic rings. The Kier molecular flexibility index (Phi) is 9.77. The molecule has 1 fully saturated rings. The third kappa shape index (κ3) is 8.12. The molecule has 1 aromatic carbocycles. The zero-order chi connectivity index (χ0) is 24.4. The van der Waals surface area contributed by atoms with Crippen molar-refractivity contribution in [2.75, 3.05) is 13.1 Å². The highest BCUT2D eigenvalue weighted by atomic mass is 16.6. The first-order chi connectivity index (χ1) is 15.7. The number of hydrogen-bond acceptors (Lipinski definition) is 4. The number of nitrogens with zero attached hydrogens (tertiary/aromatic N) is 1. The van der Waals surface area contributed by atoms with Gasteiger partial charge in [0, 0.05) is 18.2 Å². The number of nitrogens with one attached hydrogen (secondary N) is 2. The van der Waals surface area contributed by atoms with Crippen molar-refractivity contribution in [3.05, 3.63) is 35.4 Å². The molecule has 2 N–H and O–H groups in total. The van der Waals surface area contributed by atoms with Gasteiger partial charge in [0.15, 0.2) is 0 Å². The Bertz CT molecular complexity index is 848. The van der Waals surface area contributed by atoms with Crippen molar-refractivity contribution >= 4 is 17.9 Å². The molecule has 7 heteroatoms. The summed E-state index contributed by atoms with van der Waals surface area (Å²) in [6.07, 6.45) is 10.4. The van der Waals surface area contributed by atoms with Crippen LogP contribution in [0.25, 0.3) is 0 Å². The highest BCUT2D eigenvalue weighted by molar-refractivity contribution is 5.90. The van der Waals surface area contributed by atoms with Crippen molar-refractivity contribution in [3.63, 3.8) is 0 Å². The van der Waals surface area contributed by atoms with E-state index < -0.39 is 17.7 Å². The molecule has 0 spiro atoms. The van der Waals surface area contributed by atoms with Crippen molar-refractivity contribution in [1.82, 2.24) is 15.5 Å². The summed E-state index contributed by atoms with van der Waals surface area (Å²) in [5.41, 5.74) is 0.731. The first-order valence-corrected chi connectivity index (χ1v) is 11.8. The van der Waals surface area contributed by atoms with Crippen molar-refractivity contribution in [1.29, 1.82) is 0 Å². The van der Waals surface area contributed by atoms with Gasteiger partial charge in [-0.05, 0) is 64.2 Å². The molecule has 180 valence electrons. The maximum Gasteiger partial charge on any atom is 0.408 e. The number of benzene rings is 1. The van der Waals surface area contributed by atoms with Crippen LogP contribution in [-0.2, 0) is 14.3 Å². The van der Waals surface area contributed by atoms with E-state index in [2.05, 4.69) is 23.5 Å². The second-order valence-electron chi connectivity index (χ2n) is 9.41. The lowest BCUT2D eigenvalue weighted by molar-refractivity contribution is -0.145. The first-order valence-electron chi connectivity index (χ1n) is 11.8. The Balaban J connectivity index is 2.25. The number of rotatable bonds is 10. The lowest BCUT2D eigenvalue weighted by Crippen LogP contribution is -2.54. The van der Waals surface area contributed by atoms with Crippen LogP contribution in [-0.4, -0.2) is 47.5 Å². The minimum atomic E-state index is -0.795. The molecule has 0 bridgehead atoms. The molecule has 33 heavy (non-hydrogen) atoms. The Morgan fingerprint density at radius 2 is 1.82 bits per heavy atom. The van der Waals surface area contributed by atoms with Gasteiger partial charge in [-0.25, -0.2) is 4.79 Å². The topological polar surface area (TPSA) is 87.7 Å². The van der Waals surface area contributed by atoms with E-state index in [1.54, 1.807) is 49.9 Å². The molecular weight excluding hydrogens is 418 g/mol. The number of hydrogen-bond donors (Lipinski definition) is 2. The fourth-order valence-corrected chi connectivity index (χ4v) is 3.66. The van der Waals surface area contributed by atoms with Gasteiger partial charge in [0.05, 0.1) is 0 Å². The molecule has 0 aromatic heterocycles. The van der Waals surface area contributed by atoms with Gasteiger partial charge >= 0.3 is 6.09 Å². The van der Waals surface area contributed by atoms with E-state index in [-0.39, 0.29) is 24.4 Å². The smallest absolute Gasteiger partial charge is 0.408 e. The van der Waals surface area contributed by atoms with Crippen molar-refractivity contribution in [3.8, 4) is 12.3 Å². The molecule has 1 aliphatic carbocycles. The standard InChI is InChI=1S/C26H37N3O4/c1-6-8-9-17-27-24(31)23(20-15-13-19(7-2)14-16-20)29(21-11-10-12-21)22(30)18-28-25(32)33-26(3,4)5/h2,13-16,21,23H,6,8-12,17-18H2,1,3-5H3,(H,27,31)(H,28,32). The van der Waals surface area contributed by atoms with Gasteiger partial charge in [-0.3, -0.25) is 9.59 Å². The van der Waals surface area contributed by atoms with Gasteiger partial charge in [0.2, 0.25) is 11.8 Å². The molecule has 0 heterocycles. The SMILES string of the molecule is C#Cc1ccc(C(C(=O)NCCCCC)N(C(=O)CNC(=O)OC(C)(C)C)C2CCC2)cc1. The van der Waals surface area contributed by atoms with Gasteiger partial charge in [-0.15, -0.1) is 6.42 Å². The molecule has 1 aliphatic rings. The summed E-state index contributed by atoms with van der Waals surface area (Å²) in [4.78, 5) is 40.3. The molecule has 2 rings (SSSR count). The predicted octanol–water partition coefficient (Wildman–Crippen LogP) is 3.92. The third-order valence-electron chi connectivity index (χ3n) is 5.54. The summed E-state index contributed by atoms with van der Waals surface area (Å²) < 4.78 is 5.24. The maximum atomic E-state index is 13.3. The molecule has 1 atom stereocenters. The first kappa shape index (κ1) is 26.2. The predicted molar refractivity (Wildman–Crippen MR) is 128 cm³/mol. The van der Waals surface area contributed by atoms with Crippen LogP contribution in [0.2, 0.25) is 0 Å². The van der Waals surface area contributed by atoms with E-state index >= 15 is 0 Å². The lowest BCUT2D eigenvalue weighted by atomic mass is 9.88. The summed E-state index contributed by atoms with van der Waals surface area (Å²) in [5, 5.41) is 5.53. The molecule has 0 aliphatic heterocycles. The number of terminal acetylenes is 1. The molecule has 7 nitrogen and oxygen atoms in total. The lowest BCUT2D eigenvalue weighted by Gasteiger charge is -2.42. The summed E-state index contributed by atoms with van der Waals surface area (Å²) in [7, 11) is 0. The Morgan fingerprint density at radius 1 is 1.15 bits per heavy atom. The quantitative estimate of drug-likeness (QED) is 0.413. The van der Waals surface area contributed by atoms with Gasteiger partial charge in [0.1, 0.15) is 18.2 Å². The van der Waals surface area contributed by atoms with Crippen LogP contribution in [0.1, 0.15) is 83.4 Å². The summed E-state index contributed by atoms with van der Waals surface area (Å²) in [6.45, 7) is 7.68. The van der Waals surface area contributed by atoms with Crippen LogP contribution in [0.5, 0.6) is 0 Å². The summed E-state index contributed by atoms with van der Waals surface area (Å²) >= 11 is 0.